The first-order chi connectivity index (χ1) is 8.31. The molecule has 1 aromatic rings. The maximum atomic E-state index is 11.3. The van der Waals surface area contributed by atoms with Crippen LogP contribution in [0.25, 0.3) is 0 Å². The van der Waals surface area contributed by atoms with E-state index in [1.54, 1.807) is 6.07 Å². The van der Waals surface area contributed by atoms with Crippen LogP contribution in [-0.4, -0.2) is 11.5 Å². The van der Waals surface area contributed by atoms with Crippen molar-refractivity contribution >= 4 is 0 Å². The van der Waals surface area contributed by atoms with Crippen molar-refractivity contribution in [2.24, 2.45) is 0 Å². The third kappa shape index (κ3) is 3.07. The lowest BCUT2D eigenvalue weighted by molar-refractivity contribution is 0.459. The fourth-order valence-electron chi connectivity index (χ4n) is 2.42. The topological polar surface area (TPSA) is 44.9 Å². The standard InChI is InChI=1S/C14H20N2O/c1-2-3-4-10-15-12-6-5-7-13-11(12)8-9-14(17)16-13/h2-3,8-9,12,15H,4-7,10H2,1H3,(H,16,17)/b3-2+. The summed E-state index contributed by atoms with van der Waals surface area (Å²) in [6.07, 6.45) is 8.62. The molecular weight excluding hydrogens is 212 g/mol. The second-order valence-corrected chi connectivity index (χ2v) is 4.51. The predicted molar refractivity (Wildman–Crippen MR) is 70.2 cm³/mol. The van der Waals surface area contributed by atoms with E-state index in [1.807, 2.05) is 13.0 Å². The summed E-state index contributed by atoms with van der Waals surface area (Å²) in [4.78, 5) is 14.2. The molecule has 1 aliphatic rings. The van der Waals surface area contributed by atoms with Gasteiger partial charge in [-0.15, -0.1) is 0 Å². The monoisotopic (exact) mass is 232 g/mol. The van der Waals surface area contributed by atoms with E-state index in [0.29, 0.717) is 6.04 Å². The van der Waals surface area contributed by atoms with Crippen molar-refractivity contribution in [3.05, 3.63) is 45.9 Å². The van der Waals surface area contributed by atoms with Gasteiger partial charge >= 0.3 is 0 Å². The molecule has 0 aromatic carbocycles. The van der Waals surface area contributed by atoms with E-state index in [1.165, 1.54) is 5.56 Å². The Balaban J connectivity index is 2.04. The van der Waals surface area contributed by atoms with E-state index < -0.39 is 0 Å². The normalized spacial score (nSPS) is 19.5. The number of nitrogens with one attached hydrogen (secondary N) is 2. The van der Waals surface area contributed by atoms with Gasteiger partial charge in [-0.25, -0.2) is 0 Å². The molecule has 3 heteroatoms. The average Bonchev–Trinajstić information content (AvgIpc) is 2.34. The molecule has 0 aliphatic heterocycles. The Labute approximate surface area is 102 Å². The van der Waals surface area contributed by atoms with Gasteiger partial charge in [-0.1, -0.05) is 18.2 Å². The Morgan fingerprint density at radius 3 is 3.24 bits per heavy atom. The Morgan fingerprint density at radius 1 is 1.53 bits per heavy atom. The lowest BCUT2D eigenvalue weighted by atomic mass is 9.91. The summed E-state index contributed by atoms with van der Waals surface area (Å²) in [6.45, 7) is 3.04. The molecule has 0 spiro atoms. The maximum Gasteiger partial charge on any atom is 0.248 e. The fraction of sp³-hybridized carbons (Fsp3) is 0.500. The van der Waals surface area contributed by atoms with Crippen molar-refractivity contribution < 1.29 is 0 Å². The number of hydrogen-bond donors (Lipinski definition) is 2. The van der Waals surface area contributed by atoms with Crippen molar-refractivity contribution in [2.75, 3.05) is 6.54 Å². The summed E-state index contributed by atoms with van der Waals surface area (Å²) in [5, 5.41) is 3.56. The summed E-state index contributed by atoms with van der Waals surface area (Å²) in [5.74, 6) is 0. The molecule has 0 saturated carbocycles. The van der Waals surface area contributed by atoms with Crippen molar-refractivity contribution in [3.63, 3.8) is 0 Å². The van der Waals surface area contributed by atoms with Crippen LogP contribution in [0.1, 0.15) is 43.5 Å². The second kappa shape index (κ2) is 5.82. The average molecular weight is 232 g/mol. The molecule has 1 aliphatic carbocycles. The number of aryl methyl sites for hydroxylation is 1. The van der Waals surface area contributed by atoms with Crippen molar-refractivity contribution in [3.8, 4) is 0 Å². The first-order valence-electron chi connectivity index (χ1n) is 6.38. The predicted octanol–water partition coefficient (Wildman–Crippen LogP) is 2.31. The number of hydrogen-bond acceptors (Lipinski definition) is 2. The SMILES string of the molecule is C/C=C/CCNC1CCCc2[nH]c(=O)ccc21. The highest BCUT2D eigenvalue weighted by Gasteiger charge is 2.19. The van der Waals surface area contributed by atoms with Crippen molar-refractivity contribution in [1.29, 1.82) is 0 Å². The number of fused-ring (bicyclic) bond motifs is 1. The minimum Gasteiger partial charge on any atom is -0.326 e. The Hall–Kier alpha value is -1.35. The second-order valence-electron chi connectivity index (χ2n) is 4.51. The quantitative estimate of drug-likeness (QED) is 0.618. The number of rotatable bonds is 4. The van der Waals surface area contributed by atoms with Crippen LogP contribution >= 0.6 is 0 Å². The minimum absolute atomic E-state index is 0.0123. The van der Waals surface area contributed by atoms with Crippen LogP contribution < -0.4 is 10.9 Å². The van der Waals surface area contributed by atoms with Crippen LogP contribution in [0.4, 0.5) is 0 Å². The van der Waals surface area contributed by atoms with Gasteiger partial charge < -0.3 is 10.3 Å². The summed E-state index contributed by atoms with van der Waals surface area (Å²) >= 11 is 0. The molecule has 0 radical (unpaired) electrons. The molecule has 2 N–H and O–H groups in total. The zero-order valence-electron chi connectivity index (χ0n) is 10.3. The van der Waals surface area contributed by atoms with Crippen LogP contribution in [0.5, 0.6) is 0 Å². The van der Waals surface area contributed by atoms with Gasteiger partial charge in [0, 0.05) is 17.8 Å². The van der Waals surface area contributed by atoms with Crippen LogP contribution in [0, 0.1) is 0 Å². The molecule has 0 saturated heterocycles. The molecule has 3 nitrogen and oxygen atoms in total. The molecular formula is C14H20N2O. The summed E-state index contributed by atoms with van der Waals surface area (Å²) in [6, 6.07) is 4.01. The fourth-order valence-corrected chi connectivity index (χ4v) is 2.42. The number of H-pyrrole nitrogens is 1. The van der Waals surface area contributed by atoms with Gasteiger partial charge in [0.25, 0.3) is 0 Å². The van der Waals surface area contributed by atoms with Crippen LogP contribution in [0.15, 0.2) is 29.1 Å². The molecule has 17 heavy (non-hydrogen) atoms. The Bertz CT molecular complexity index is 448. The molecule has 1 aromatic heterocycles. The highest BCUT2D eigenvalue weighted by Crippen LogP contribution is 2.27. The van der Waals surface area contributed by atoms with Crippen molar-refractivity contribution in [1.82, 2.24) is 10.3 Å². The maximum absolute atomic E-state index is 11.3. The third-order valence-electron chi connectivity index (χ3n) is 3.27. The Kier molecular flexibility index (Phi) is 4.15. The van der Waals surface area contributed by atoms with Crippen LogP contribution in [0.2, 0.25) is 0 Å². The molecule has 92 valence electrons. The lowest BCUT2D eigenvalue weighted by Crippen LogP contribution is -2.27. The molecule has 1 unspecified atom stereocenters. The summed E-state index contributed by atoms with van der Waals surface area (Å²) in [7, 11) is 0. The Morgan fingerprint density at radius 2 is 2.41 bits per heavy atom. The zero-order chi connectivity index (χ0) is 12.1. The first kappa shape index (κ1) is 12.1. The van der Waals surface area contributed by atoms with Gasteiger partial charge in [0.05, 0.1) is 0 Å². The molecule has 2 rings (SSSR count). The van der Waals surface area contributed by atoms with Crippen LogP contribution in [0.3, 0.4) is 0 Å². The zero-order valence-corrected chi connectivity index (χ0v) is 10.3. The molecule has 1 heterocycles. The molecule has 0 fully saturated rings. The summed E-state index contributed by atoms with van der Waals surface area (Å²) in [5.41, 5.74) is 2.40. The van der Waals surface area contributed by atoms with Crippen LogP contribution in [-0.2, 0) is 6.42 Å². The van der Waals surface area contributed by atoms with Gasteiger partial charge in [0.15, 0.2) is 0 Å². The largest absolute Gasteiger partial charge is 0.326 e. The van der Waals surface area contributed by atoms with Gasteiger partial charge in [-0.3, -0.25) is 4.79 Å². The number of allylic oxidation sites excluding steroid dienone is 1. The van der Waals surface area contributed by atoms with E-state index in [-0.39, 0.29) is 5.56 Å². The number of aromatic nitrogens is 1. The van der Waals surface area contributed by atoms with Gasteiger partial charge in [0.1, 0.15) is 0 Å². The lowest BCUT2D eigenvalue weighted by Gasteiger charge is -2.25. The first-order valence-corrected chi connectivity index (χ1v) is 6.38. The molecule has 1 atom stereocenters. The number of pyridine rings is 1. The molecule has 0 bridgehead atoms. The number of aromatic amines is 1. The van der Waals surface area contributed by atoms with Crippen molar-refractivity contribution in [2.45, 2.75) is 38.6 Å². The summed E-state index contributed by atoms with van der Waals surface area (Å²) < 4.78 is 0. The highest BCUT2D eigenvalue weighted by atomic mass is 16.1. The van der Waals surface area contributed by atoms with E-state index >= 15 is 0 Å². The van der Waals surface area contributed by atoms with E-state index in [9.17, 15) is 4.79 Å². The van der Waals surface area contributed by atoms with Gasteiger partial charge in [-0.05, 0) is 44.7 Å². The van der Waals surface area contributed by atoms with Gasteiger partial charge in [0.2, 0.25) is 5.56 Å². The molecule has 0 amide bonds. The minimum atomic E-state index is 0.0123. The smallest absolute Gasteiger partial charge is 0.248 e. The van der Waals surface area contributed by atoms with E-state index in [4.69, 9.17) is 0 Å². The van der Waals surface area contributed by atoms with Gasteiger partial charge in [-0.2, -0.15) is 0 Å². The highest BCUT2D eigenvalue weighted by molar-refractivity contribution is 5.26. The van der Waals surface area contributed by atoms with E-state index in [0.717, 1.165) is 37.9 Å². The third-order valence-corrected chi connectivity index (χ3v) is 3.27. The van der Waals surface area contributed by atoms with E-state index in [2.05, 4.69) is 22.5 Å².